The molecule has 0 spiro atoms. The number of furan rings is 1. The van der Waals surface area contributed by atoms with Crippen LogP contribution in [0.2, 0.25) is 0 Å². The lowest BCUT2D eigenvalue weighted by atomic mass is 10.3. The number of nitrogens with zero attached hydrogens (tertiary/aromatic N) is 2. The molecule has 2 heterocycles. The van der Waals surface area contributed by atoms with E-state index in [0.29, 0.717) is 24.9 Å². The second kappa shape index (κ2) is 11.6. The van der Waals surface area contributed by atoms with Crippen LogP contribution in [-0.2, 0) is 13.0 Å². The zero-order valence-electron chi connectivity index (χ0n) is 17.8. The lowest BCUT2D eigenvalue weighted by Crippen LogP contribution is -2.32. The molecule has 0 fully saturated rings. The van der Waals surface area contributed by atoms with Crippen LogP contribution >= 0.6 is 24.0 Å². The number of oxazole rings is 1. The van der Waals surface area contributed by atoms with Gasteiger partial charge in [0.1, 0.15) is 23.8 Å². The van der Waals surface area contributed by atoms with Gasteiger partial charge in [-0.25, -0.2) is 9.98 Å². The summed E-state index contributed by atoms with van der Waals surface area (Å²) in [6, 6.07) is 11.6. The van der Waals surface area contributed by atoms with Crippen LogP contribution in [0.1, 0.15) is 37.0 Å². The summed E-state index contributed by atoms with van der Waals surface area (Å²) < 4.78 is 16.7. The van der Waals surface area contributed by atoms with Gasteiger partial charge in [0, 0.05) is 18.7 Å². The fourth-order valence-electron chi connectivity index (χ4n) is 2.68. The van der Waals surface area contributed by atoms with Crippen molar-refractivity contribution in [2.45, 2.75) is 46.8 Å². The highest BCUT2D eigenvalue weighted by atomic mass is 127. The maximum absolute atomic E-state index is 5.69. The van der Waals surface area contributed by atoms with Gasteiger partial charge in [0.25, 0.3) is 0 Å². The van der Waals surface area contributed by atoms with E-state index in [1.54, 1.807) is 6.26 Å². The zero-order chi connectivity index (χ0) is 20.6. The number of nitrogens with one attached hydrogen (secondary N) is 2. The molecule has 30 heavy (non-hydrogen) atoms. The van der Waals surface area contributed by atoms with Crippen molar-refractivity contribution in [2.75, 3.05) is 11.9 Å². The van der Waals surface area contributed by atoms with Crippen molar-refractivity contribution < 1.29 is 13.6 Å². The highest BCUT2D eigenvalue weighted by molar-refractivity contribution is 14.0. The number of aliphatic imine (C=N–C) groups is 1. The predicted octanol–water partition coefficient (Wildman–Crippen LogP) is 5.09. The number of hydrogen-bond donors (Lipinski definition) is 2. The Bertz CT molecular complexity index is 899. The molecule has 0 amide bonds. The average molecular weight is 524 g/mol. The van der Waals surface area contributed by atoms with E-state index in [2.05, 4.69) is 20.6 Å². The molecule has 0 saturated carbocycles. The van der Waals surface area contributed by atoms with E-state index >= 15 is 0 Å². The molecule has 0 unspecified atom stereocenters. The Morgan fingerprint density at radius 1 is 1.17 bits per heavy atom. The van der Waals surface area contributed by atoms with E-state index in [1.807, 2.05) is 64.1 Å². The minimum Gasteiger partial charge on any atom is -0.491 e. The second-order valence-corrected chi connectivity index (χ2v) is 6.99. The third kappa shape index (κ3) is 7.40. The van der Waals surface area contributed by atoms with Gasteiger partial charge in [0.2, 0.25) is 5.89 Å². The van der Waals surface area contributed by atoms with Crippen LogP contribution in [0.3, 0.4) is 0 Å². The van der Waals surface area contributed by atoms with Gasteiger partial charge in [-0.15, -0.1) is 24.0 Å². The number of hydrogen-bond acceptors (Lipinski definition) is 5. The molecule has 7 nitrogen and oxygen atoms in total. The van der Waals surface area contributed by atoms with E-state index in [9.17, 15) is 0 Å². The summed E-state index contributed by atoms with van der Waals surface area (Å²) in [6.45, 7) is 8.86. The Labute approximate surface area is 194 Å². The van der Waals surface area contributed by atoms with E-state index < -0.39 is 0 Å². The minimum atomic E-state index is 0. The van der Waals surface area contributed by atoms with E-state index in [0.717, 1.165) is 35.1 Å². The smallest absolute Gasteiger partial charge is 0.216 e. The molecule has 0 aliphatic rings. The molecule has 2 aromatic heterocycles. The lowest BCUT2D eigenvalue weighted by Gasteiger charge is -2.13. The van der Waals surface area contributed by atoms with Gasteiger partial charge in [0.15, 0.2) is 5.96 Å². The van der Waals surface area contributed by atoms with Crippen LogP contribution in [0.5, 0.6) is 5.75 Å². The first-order valence-electron chi connectivity index (χ1n) is 9.77. The number of halogens is 1. The average Bonchev–Trinajstić information content (AvgIpc) is 3.30. The van der Waals surface area contributed by atoms with Crippen molar-refractivity contribution in [3.8, 4) is 5.75 Å². The van der Waals surface area contributed by atoms with Gasteiger partial charge in [0.05, 0.1) is 18.1 Å². The van der Waals surface area contributed by atoms with Crippen molar-refractivity contribution in [1.82, 2.24) is 10.3 Å². The van der Waals surface area contributed by atoms with Crippen LogP contribution in [0.15, 0.2) is 56.5 Å². The van der Waals surface area contributed by atoms with Crippen LogP contribution in [-0.4, -0.2) is 23.6 Å². The molecule has 0 atom stereocenters. The first-order chi connectivity index (χ1) is 14.0. The van der Waals surface area contributed by atoms with Crippen LogP contribution in [0.25, 0.3) is 0 Å². The maximum Gasteiger partial charge on any atom is 0.216 e. The Balaban J connectivity index is 0.00000320. The molecule has 0 radical (unpaired) electrons. The molecule has 1 aromatic carbocycles. The molecule has 2 N–H and O–H groups in total. The molecule has 0 saturated heterocycles. The summed E-state index contributed by atoms with van der Waals surface area (Å²) in [7, 11) is 0. The monoisotopic (exact) mass is 524 g/mol. The third-order valence-electron chi connectivity index (χ3n) is 4.18. The van der Waals surface area contributed by atoms with Crippen molar-refractivity contribution in [2.24, 2.45) is 4.99 Å². The molecule has 0 aliphatic heterocycles. The number of aryl methyl sites for hydroxylation is 2. The molecule has 0 aliphatic carbocycles. The lowest BCUT2D eigenvalue weighted by molar-refractivity contribution is 0.242. The number of ether oxygens (including phenoxy) is 1. The normalized spacial score (nSPS) is 11.3. The Kier molecular flexibility index (Phi) is 9.22. The maximum atomic E-state index is 5.69. The summed E-state index contributed by atoms with van der Waals surface area (Å²) in [6.07, 6.45) is 2.57. The third-order valence-corrected chi connectivity index (χ3v) is 4.18. The van der Waals surface area contributed by atoms with Crippen molar-refractivity contribution in [1.29, 1.82) is 0 Å². The van der Waals surface area contributed by atoms with E-state index in [1.165, 1.54) is 0 Å². The highest BCUT2D eigenvalue weighted by Gasteiger charge is 2.07. The van der Waals surface area contributed by atoms with Gasteiger partial charge in [-0.2, -0.15) is 0 Å². The number of anilines is 1. The number of benzene rings is 1. The van der Waals surface area contributed by atoms with Gasteiger partial charge in [-0.3, -0.25) is 0 Å². The van der Waals surface area contributed by atoms with Crippen LogP contribution < -0.4 is 15.4 Å². The quantitative estimate of drug-likeness (QED) is 0.243. The standard InChI is InChI=1S/C22H28N4O3.HI/c1-15(2)28-20-9-7-18(8-10-20)26-22(23-12-11-19-6-5-13-27-19)24-14-21-25-16(3)17(4)29-21;/h5-10,13,15H,11-12,14H2,1-4H3,(H2,23,24,26);1H. The Morgan fingerprint density at radius 3 is 2.53 bits per heavy atom. The first-order valence-corrected chi connectivity index (χ1v) is 9.77. The molecule has 0 bridgehead atoms. The molecule has 3 aromatic rings. The SMILES string of the molecule is Cc1nc(CN=C(NCCc2ccco2)Nc2ccc(OC(C)C)cc2)oc1C.I. The van der Waals surface area contributed by atoms with E-state index in [4.69, 9.17) is 13.6 Å². The largest absolute Gasteiger partial charge is 0.491 e. The summed E-state index contributed by atoms with van der Waals surface area (Å²) in [5, 5.41) is 6.64. The van der Waals surface area contributed by atoms with Gasteiger partial charge in [-0.05, 0) is 64.1 Å². The van der Waals surface area contributed by atoms with Gasteiger partial charge >= 0.3 is 0 Å². The molecule has 162 valence electrons. The zero-order valence-corrected chi connectivity index (χ0v) is 20.1. The van der Waals surface area contributed by atoms with Crippen molar-refractivity contribution in [3.05, 3.63) is 65.8 Å². The van der Waals surface area contributed by atoms with E-state index in [-0.39, 0.29) is 30.1 Å². The summed E-state index contributed by atoms with van der Waals surface area (Å²) in [4.78, 5) is 9.00. The topological polar surface area (TPSA) is 84.8 Å². The summed E-state index contributed by atoms with van der Waals surface area (Å²) in [5.41, 5.74) is 1.79. The first kappa shape index (κ1) is 23.8. The Hall–Kier alpha value is -2.49. The summed E-state index contributed by atoms with van der Waals surface area (Å²) >= 11 is 0. The summed E-state index contributed by atoms with van der Waals surface area (Å²) in [5.74, 6) is 3.80. The molecular formula is C22H29IN4O3. The number of rotatable bonds is 8. The fraction of sp³-hybridized carbons (Fsp3) is 0.364. The van der Waals surface area contributed by atoms with Crippen molar-refractivity contribution >= 4 is 35.6 Å². The Morgan fingerprint density at radius 2 is 1.93 bits per heavy atom. The number of aromatic nitrogens is 1. The van der Waals surface area contributed by atoms with Crippen LogP contribution in [0.4, 0.5) is 5.69 Å². The van der Waals surface area contributed by atoms with Crippen LogP contribution in [0, 0.1) is 13.8 Å². The highest BCUT2D eigenvalue weighted by Crippen LogP contribution is 2.17. The number of guanidine groups is 1. The fourth-order valence-corrected chi connectivity index (χ4v) is 2.68. The van der Waals surface area contributed by atoms with Crippen molar-refractivity contribution in [3.63, 3.8) is 0 Å². The van der Waals surface area contributed by atoms with Gasteiger partial charge < -0.3 is 24.2 Å². The minimum absolute atomic E-state index is 0. The molecule has 8 heteroatoms. The predicted molar refractivity (Wildman–Crippen MR) is 129 cm³/mol. The molecule has 3 rings (SSSR count). The second-order valence-electron chi connectivity index (χ2n) is 6.99. The molecular weight excluding hydrogens is 495 g/mol. The van der Waals surface area contributed by atoms with Gasteiger partial charge in [-0.1, -0.05) is 0 Å².